The second-order valence-corrected chi connectivity index (χ2v) is 7.65. The number of sulfonamides is 1. The number of carbonyl (C=O) groups is 1. The second kappa shape index (κ2) is 8.13. The molecule has 0 fully saturated rings. The van der Waals surface area contributed by atoms with Crippen LogP contribution in [0.25, 0.3) is 0 Å². The number of carbonyl (C=O) groups excluding carboxylic acids is 1. The molecule has 8 heteroatoms. The molecule has 1 atom stereocenters. The fourth-order valence-electron chi connectivity index (χ4n) is 2.20. The van der Waals surface area contributed by atoms with Gasteiger partial charge in [-0.2, -0.15) is 5.10 Å². The van der Waals surface area contributed by atoms with E-state index >= 15 is 0 Å². The molecule has 1 N–H and O–H groups in total. The van der Waals surface area contributed by atoms with Crippen LogP contribution in [0.4, 0.5) is 5.69 Å². The van der Waals surface area contributed by atoms with Crippen LogP contribution in [0.1, 0.15) is 12.5 Å². The van der Waals surface area contributed by atoms with Crippen molar-refractivity contribution in [1.82, 2.24) is 5.43 Å². The molecule has 6 nitrogen and oxygen atoms in total. The molecule has 2 aromatic rings. The molecule has 2 aromatic carbocycles. The van der Waals surface area contributed by atoms with E-state index in [0.29, 0.717) is 10.7 Å². The SMILES string of the molecule is C[C@H](C(=O)N/N=C\c1ccc(Cl)cc1)N(c1ccccc1)S(C)(=O)=O. The summed E-state index contributed by atoms with van der Waals surface area (Å²) < 4.78 is 25.3. The summed E-state index contributed by atoms with van der Waals surface area (Å²) in [5, 5.41) is 4.46. The van der Waals surface area contributed by atoms with Crippen molar-refractivity contribution in [3.05, 3.63) is 65.2 Å². The van der Waals surface area contributed by atoms with Gasteiger partial charge in [0, 0.05) is 5.02 Å². The third-order valence-electron chi connectivity index (χ3n) is 3.36. The quantitative estimate of drug-likeness (QED) is 0.619. The summed E-state index contributed by atoms with van der Waals surface area (Å²) in [7, 11) is -3.64. The number of nitrogens with one attached hydrogen (secondary N) is 1. The molecule has 0 aliphatic heterocycles. The van der Waals surface area contributed by atoms with E-state index < -0.39 is 22.0 Å². The van der Waals surface area contributed by atoms with Gasteiger partial charge in [-0.1, -0.05) is 41.9 Å². The fourth-order valence-corrected chi connectivity index (χ4v) is 3.50. The minimum atomic E-state index is -3.64. The van der Waals surface area contributed by atoms with Crippen molar-refractivity contribution in [3.63, 3.8) is 0 Å². The largest absolute Gasteiger partial charge is 0.271 e. The molecule has 25 heavy (non-hydrogen) atoms. The number of rotatable bonds is 6. The van der Waals surface area contributed by atoms with Gasteiger partial charge in [-0.25, -0.2) is 13.8 Å². The van der Waals surface area contributed by atoms with E-state index in [9.17, 15) is 13.2 Å². The van der Waals surface area contributed by atoms with Crippen LogP contribution in [0.2, 0.25) is 5.02 Å². The first-order valence-electron chi connectivity index (χ1n) is 7.42. The minimum Gasteiger partial charge on any atom is -0.271 e. The van der Waals surface area contributed by atoms with Gasteiger partial charge in [-0.05, 0) is 36.8 Å². The molecule has 0 radical (unpaired) electrons. The molecule has 132 valence electrons. The minimum absolute atomic E-state index is 0.411. The van der Waals surface area contributed by atoms with Gasteiger partial charge in [0.1, 0.15) is 6.04 Å². The van der Waals surface area contributed by atoms with Gasteiger partial charge in [0.2, 0.25) is 10.0 Å². The highest BCUT2D eigenvalue weighted by Crippen LogP contribution is 2.20. The van der Waals surface area contributed by atoms with Crippen LogP contribution in [-0.4, -0.2) is 32.8 Å². The fraction of sp³-hybridized carbons (Fsp3) is 0.176. The molecule has 0 heterocycles. The number of halogens is 1. The summed E-state index contributed by atoms with van der Waals surface area (Å²) in [6.07, 6.45) is 2.51. The second-order valence-electron chi connectivity index (χ2n) is 5.36. The highest BCUT2D eigenvalue weighted by atomic mass is 35.5. The Bertz CT molecular complexity index is 852. The van der Waals surface area contributed by atoms with Crippen LogP contribution in [0.3, 0.4) is 0 Å². The molecule has 0 bridgehead atoms. The van der Waals surface area contributed by atoms with Crippen LogP contribution < -0.4 is 9.73 Å². The molecule has 0 saturated carbocycles. The molecule has 0 spiro atoms. The van der Waals surface area contributed by atoms with E-state index in [1.165, 1.54) is 13.1 Å². The highest BCUT2D eigenvalue weighted by Gasteiger charge is 2.28. The lowest BCUT2D eigenvalue weighted by Crippen LogP contribution is -2.46. The molecule has 0 aliphatic carbocycles. The Balaban J connectivity index is 2.12. The van der Waals surface area contributed by atoms with Crippen molar-refractivity contribution < 1.29 is 13.2 Å². The number of para-hydroxylation sites is 1. The molecular formula is C17H18ClN3O3S. The molecule has 2 rings (SSSR count). The number of hydrogen-bond acceptors (Lipinski definition) is 4. The van der Waals surface area contributed by atoms with Crippen molar-refractivity contribution in [3.8, 4) is 0 Å². The Morgan fingerprint density at radius 2 is 1.76 bits per heavy atom. The van der Waals surface area contributed by atoms with Gasteiger partial charge >= 0.3 is 0 Å². The number of hydrogen-bond donors (Lipinski definition) is 1. The third-order valence-corrected chi connectivity index (χ3v) is 4.85. The predicted molar refractivity (Wildman–Crippen MR) is 100 cm³/mol. The van der Waals surface area contributed by atoms with E-state index in [0.717, 1.165) is 16.1 Å². The summed E-state index contributed by atoms with van der Waals surface area (Å²) in [6.45, 7) is 1.50. The number of anilines is 1. The number of hydrazone groups is 1. The zero-order chi connectivity index (χ0) is 18.4. The summed E-state index contributed by atoms with van der Waals surface area (Å²) >= 11 is 5.80. The Hall–Kier alpha value is -2.38. The summed E-state index contributed by atoms with van der Waals surface area (Å²) in [5.74, 6) is -0.542. The normalized spacial score (nSPS) is 12.8. The summed E-state index contributed by atoms with van der Waals surface area (Å²) in [4.78, 5) is 12.3. The smallest absolute Gasteiger partial charge is 0.263 e. The van der Waals surface area contributed by atoms with Crippen molar-refractivity contribution in [1.29, 1.82) is 0 Å². The van der Waals surface area contributed by atoms with Gasteiger partial charge in [-0.3, -0.25) is 9.10 Å². The van der Waals surface area contributed by atoms with Crippen LogP contribution >= 0.6 is 11.6 Å². The van der Waals surface area contributed by atoms with E-state index in [-0.39, 0.29) is 0 Å². The van der Waals surface area contributed by atoms with Crippen LogP contribution in [0, 0.1) is 0 Å². The maximum Gasteiger partial charge on any atom is 0.263 e. The third kappa shape index (κ3) is 5.30. The maximum atomic E-state index is 12.3. The van der Waals surface area contributed by atoms with Gasteiger partial charge in [0.25, 0.3) is 5.91 Å². The van der Waals surface area contributed by atoms with Gasteiger partial charge in [0.05, 0.1) is 18.2 Å². The molecule has 1 amide bonds. The summed E-state index contributed by atoms with van der Waals surface area (Å²) in [5.41, 5.74) is 3.52. The zero-order valence-corrected chi connectivity index (χ0v) is 15.3. The van der Waals surface area contributed by atoms with Crippen molar-refractivity contribution in [2.24, 2.45) is 5.10 Å². The monoisotopic (exact) mass is 379 g/mol. The van der Waals surface area contributed by atoms with Crippen LogP contribution in [-0.2, 0) is 14.8 Å². The molecule has 0 aromatic heterocycles. The predicted octanol–water partition coefficient (Wildman–Crippen LogP) is 2.64. The first kappa shape index (κ1) is 19.0. The lowest BCUT2D eigenvalue weighted by atomic mass is 10.2. The summed E-state index contributed by atoms with van der Waals surface area (Å²) in [6, 6.07) is 14.4. The lowest BCUT2D eigenvalue weighted by molar-refractivity contribution is -0.121. The first-order valence-corrected chi connectivity index (χ1v) is 9.64. The average Bonchev–Trinajstić information content (AvgIpc) is 2.56. The van der Waals surface area contributed by atoms with E-state index in [2.05, 4.69) is 10.5 Å². The number of nitrogens with zero attached hydrogens (tertiary/aromatic N) is 2. The number of amides is 1. The molecule has 0 unspecified atom stereocenters. The Kier molecular flexibility index (Phi) is 6.17. The Morgan fingerprint density at radius 3 is 2.32 bits per heavy atom. The lowest BCUT2D eigenvalue weighted by Gasteiger charge is -2.27. The zero-order valence-electron chi connectivity index (χ0n) is 13.8. The number of benzene rings is 2. The van der Waals surface area contributed by atoms with Crippen LogP contribution in [0.5, 0.6) is 0 Å². The average molecular weight is 380 g/mol. The Morgan fingerprint density at radius 1 is 1.16 bits per heavy atom. The topological polar surface area (TPSA) is 78.8 Å². The maximum absolute atomic E-state index is 12.3. The van der Waals surface area contributed by atoms with Crippen molar-refractivity contribution >= 4 is 39.4 Å². The van der Waals surface area contributed by atoms with Gasteiger partial charge in [0.15, 0.2) is 0 Å². The highest BCUT2D eigenvalue weighted by molar-refractivity contribution is 7.92. The van der Waals surface area contributed by atoms with Gasteiger partial charge in [-0.15, -0.1) is 0 Å². The molecule has 0 aliphatic rings. The van der Waals surface area contributed by atoms with Crippen LogP contribution in [0.15, 0.2) is 59.7 Å². The molecular weight excluding hydrogens is 362 g/mol. The standard InChI is InChI=1S/C17H18ClN3O3S/c1-13(21(25(2,23)24)16-6-4-3-5-7-16)17(22)20-19-12-14-8-10-15(18)11-9-14/h3-13H,1-2H3,(H,20,22)/b19-12-/t13-/m1/s1. The van der Waals surface area contributed by atoms with Gasteiger partial charge < -0.3 is 0 Å². The Labute approximate surface area is 152 Å². The van der Waals surface area contributed by atoms with E-state index in [1.54, 1.807) is 54.6 Å². The van der Waals surface area contributed by atoms with Crippen molar-refractivity contribution in [2.45, 2.75) is 13.0 Å². The van der Waals surface area contributed by atoms with E-state index in [1.807, 2.05) is 0 Å². The first-order chi connectivity index (χ1) is 11.8. The molecule has 0 saturated heterocycles. The van der Waals surface area contributed by atoms with E-state index in [4.69, 9.17) is 11.6 Å². The van der Waals surface area contributed by atoms with Crippen molar-refractivity contribution in [2.75, 3.05) is 10.6 Å².